The van der Waals surface area contributed by atoms with Gasteiger partial charge in [-0.1, -0.05) is 30.5 Å². The number of halogens is 1. The van der Waals surface area contributed by atoms with Crippen LogP contribution in [0.15, 0.2) is 18.2 Å². The first-order valence-electron chi connectivity index (χ1n) is 5.89. The Labute approximate surface area is 95.8 Å². The maximum Gasteiger partial charge on any atom is 0.127 e. The third kappa shape index (κ3) is 3.03. The predicted molar refractivity (Wildman–Crippen MR) is 61.3 cm³/mol. The van der Waals surface area contributed by atoms with Crippen LogP contribution >= 0.6 is 0 Å². The number of hydrogen-bond donors (Lipinski definition) is 1. The lowest BCUT2D eigenvalue weighted by Gasteiger charge is -2.12. The van der Waals surface area contributed by atoms with Gasteiger partial charge in [-0.05, 0) is 25.8 Å². The number of rotatable bonds is 4. The largest absolute Gasteiger partial charge is 0.298 e. The van der Waals surface area contributed by atoms with Crippen molar-refractivity contribution in [2.24, 2.45) is 0 Å². The molecule has 1 aromatic rings. The van der Waals surface area contributed by atoms with Crippen LogP contribution in [0.25, 0.3) is 0 Å². The van der Waals surface area contributed by atoms with Crippen LogP contribution < -0.4 is 5.48 Å². The SMILES string of the molecule is Cc1ccc(F)c(CNOC2CCCC2)c1. The second-order valence-electron chi connectivity index (χ2n) is 4.44. The Kier molecular flexibility index (Phi) is 3.91. The molecule has 0 saturated heterocycles. The Balaban J connectivity index is 1.82. The van der Waals surface area contributed by atoms with Gasteiger partial charge >= 0.3 is 0 Å². The third-order valence-corrected chi connectivity index (χ3v) is 3.02. The van der Waals surface area contributed by atoms with E-state index >= 15 is 0 Å². The van der Waals surface area contributed by atoms with Gasteiger partial charge in [-0.3, -0.25) is 4.84 Å². The van der Waals surface area contributed by atoms with E-state index in [1.54, 1.807) is 6.07 Å². The van der Waals surface area contributed by atoms with Crippen LogP contribution in [0.3, 0.4) is 0 Å². The molecule has 2 nitrogen and oxygen atoms in total. The van der Waals surface area contributed by atoms with E-state index in [0.29, 0.717) is 18.2 Å². The minimum absolute atomic E-state index is 0.173. The Bertz CT molecular complexity index is 348. The summed E-state index contributed by atoms with van der Waals surface area (Å²) in [7, 11) is 0. The first-order valence-corrected chi connectivity index (χ1v) is 5.89. The molecular weight excluding hydrogens is 205 g/mol. The van der Waals surface area contributed by atoms with Gasteiger partial charge in [0.05, 0.1) is 6.10 Å². The summed E-state index contributed by atoms with van der Waals surface area (Å²) in [5.41, 5.74) is 4.61. The predicted octanol–water partition coefficient (Wildman–Crippen LogP) is 3.10. The molecule has 1 aliphatic rings. The molecule has 0 radical (unpaired) electrons. The van der Waals surface area contributed by atoms with Gasteiger partial charge in [0.1, 0.15) is 5.82 Å². The number of aryl methyl sites for hydroxylation is 1. The lowest BCUT2D eigenvalue weighted by atomic mass is 10.1. The summed E-state index contributed by atoms with van der Waals surface area (Å²) in [5.74, 6) is -0.173. The van der Waals surface area contributed by atoms with Gasteiger partial charge in [-0.2, -0.15) is 5.48 Å². The summed E-state index contributed by atoms with van der Waals surface area (Å²) < 4.78 is 13.4. The maximum atomic E-state index is 13.4. The molecule has 0 amide bonds. The van der Waals surface area contributed by atoms with Crippen molar-refractivity contribution in [3.05, 3.63) is 35.1 Å². The average Bonchev–Trinajstić information content (AvgIpc) is 2.76. The van der Waals surface area contributed by atoms with Crippen LogP contribution in [0.5, 0.6) is 0 Å². The summed E-state index contributed by atoms with van der Waals surface area (Å²) in [4.78, 5) is 5.49. The van der Waals surface area contributed by atoms with Gasteiger partial charge in [0, 0.05) is 12.1 Å². The minimum atomic E-state index is -0.173. The highest BCUT2D eigenvalue weighted by Crippen LogP contribution is 2.20. The first-order chi connectivity index (χ1) is 7.75. The molecule has 0 aromatic heterocycles. The molecule has 0 bridgehead atoms. The molecule has 1 N–H and O–H groups in total. The zero-order valence-electron chi connectivity index (χ0n) is 9.63. The molecule has 3 heteroatoms. The highest BCUT2D eigenvalue weighted by molar-refractivity contribution is 5.23. The Morgan fingerprint density at radius 3 is 2.88 bits per heavy atom. The average molecular weight is 223 g/mol. The van der Waals surface area contributed by atoms with Crippen LogP contribution in [-0.2, 0) is 11.4 Å². The fourth-order valence-corrected chi connectivity index (χ4v) is 2.08. The lowest BCUT2D eigenvalue weighted by molar-refractivity contribution is -0.0248. The van der Waals surface area contributed by atoms with Crippen molar-refractivity contribution in [1.29, 1.82) is 0 Å². The second-order valence-corrected chi connectivity index (χ2v) is 4.44. The molecule has 2 rings (SSSR count). The van der Waals surface area contributed by atoms with Gasteiger partial charge in [0.15, 0.2) is 0 Å². The molecule has 1 fully saturated rings. The van der Waals surface area contributed by atoms with Crippen LogP contribution in [0.4, 0.5) is 4.39 Å². The topological polar surface area (TPSA) is 21.3 Å². The zero-order chi connectivity index (χ0) is 11.4. The molecule has 0 aliphatic heterocycles. The molecule has 1 aliphatic carbocycles. The van der Waals surface area contributed by atoms with Gasteiger partial charge in [-0.25, -0.2) is 4.39 Å². The number of nitrogens with one attached hydrogen (secondary N) is 1. The zero-order valence-corrected chi connectivity index (χ0v) is 9.63. The van der Waals surface area contributed by atoms with E-state index in [9.17, 15) is 4.39 Å². The van der Waals surface area contributed by atoms with E-state index in [2.05, 4.69) is 5.48 Å². The monoisotopic (exact) mass is 223 g/mol. The van der Waals surface area contributed by atoms with Gasteiger partial charge in [0.2, 0.25) is 0 Å². The van der Waals surface area contributed by atoms with Crippen LogP contribution in [0.2, 0.25) is 0 Å². The first kappa shape index (κ1) is 11.6. The standard InChI is InChI=1S/C13H18FNO/c1-10-6-7-13(14)11(8-10)9-15-16-12-4-2-3-5-12/h6-8,12,15H,2-5,9H2,1H3. The van der Waals surface area contributed by atoms with Crippen molar-refractivity contribution in [3.8, 4) is 0 Å². The summed E-state index contributed by atoms with van der Waals surface area (Å²) >= 11 is 0. The molecule has 16 heavy (non-hydrogen) atoms. The molecule has 0 heterocycles. The summed E-state index contributed by atoms with van der Waals surface area (Å²) in [6.07, 6.45) is 5.02. The highest BCUT2D eigenvalue weighted by Gasteiger charge is 2.15. The highest BCUT2D eigenvalue weighted by atomic mass is 19.1. The maximum absolute atomic E-state index is 13.4. The summed E-state index contributed by atoms with van der Waals surface area (Å²) in [6, 6.07) is 5.12. The number of hydrogen-bond acceptors (Lipinski definition) is 2. The molecular formula is C13H18FNO. The van der Waals surface area contributed by atoms with Crippen molar-refractivity contribution in [1.82, 2.24) is 5.48 Å². The molecule has 1 saturated carbocycles. The minimum Gasteiger partial charge on any atom is -0.298 e. The van der Waals surface area contributed by atoms with E-state index in [0.717, 1.165) is 18.4 Å². The van der Waals surface area contributed by atoms with E-state index in [4.69, 9.17) is 4.84 Å². The Morgan fingerprint density at radius 1 is 1.38 bits per heavy atom. The molecule has 88 valence electrons. The molecule has 0 atom stereocenters. The third-order valence-electron chi connectivity index (χ3n) is 3.02. The molecule has 1 aromatic carbocycles. The smallest absolute Gasteiger partial charge is 0.127 e. The molecule has 0 unspecified atom stereocenters. The summed E-state index contributed by atoms with van der Waals surface area (Å²) in [6.45, 7) is 2.39. The fourth-order valence-electron chi connectivity index (χ4n) is 2.08. The van der Waals surface area contributed by atoms with E-state index in [1.807, 2.05) is 13.0 Å². The van der Waals surface area contributed by atoms with Crippen LogP contribution in [0.1, 0.15) is 36.8 Å². The van der Waals surface area contributed by atoms with Gasteiger partial charge in [0.25, 0.3) is 0 Å². The summed E-state index contributed by atoms with van der Waals surface area (Å²) in [5, 5.41) is 0. The van der Waals surface area contributed by atoms with Crippen molar-refractivity contribution < 1.29 is 9.23 Å². The van der Waals surface area contributed by atoms with Crippen LogP contribution in [-0.4, -0.2) is 6.10 Å². The van der Waals surface area contributed by atoms with Crippen molar-refractivity contribution >= 4 is 0 Å². The molecule has 0 spiro atoms. The number of benzene rings is 1. The van der Waals surface area contributed by atoms with E-state index < -0.39 is 0 Å². The quantitative estimate of drug-likeness (QED) is 0.792. The van der Waals surface area contributed by atoms with E-state index in [-0.39, 0.29) is 5.82 Å². The van der Waals surface area contributed by atoms with E-state index in [1.165, 1.54) is 18.9 Å². The number of hydroxylamine groups is 1. The van der Waals surface area contributed by atoms with Crippen molar-refractivity contribution in [3.63, 3.8) is 0 Å². The van der Waals surface area contributed by atoms with Crippen molar-refractivity contribution in [2.75, 3.05) is 0 Å². The second kappa shape index (κ2) is 5.41. The Morgan fingerprint density at radius 2 is 2.12 bits per heavy atom. The fraction of sp³-hybridized carbons (Fsp3) is 0.538. The van der Waals surface area contributed by atoms with Crippen molar-refractivity contribution in [2.45, 2.75) is 45.3 Å². The van der Waals surface area contributed by atoms with Crippen LogP contribution in [0, 0.1) is 12.7 Å². The van der Waals surface area contributed by atoms with Gasteiger partial charge < -0.3 is 0 Å². The lowest BCUT2D eigenvalue weighted by Crippen LogP contribution is -2.21. The normalized spacial score (nSPS) is 16.9. The Hall–Kier alpha value is -0.930. The van der Waals surface area contributed by atoms with Gasteiger partial charge in [-0.15, -0.1) is 0 Å².